The van der Waals surface area contributed by atoms with Crippen LogP contribution in [0.4, 0.5) is 17.3 Å². The molecule has 0 fully saturated rings. The normalized spacial score (nSPS) is 12.4. The van der Waals surface area contributed by atoms with Crippen molar-refractivity contribution >= 4 is 46.1 Å². The summed E-state index contributed by atoms with van der Waals surface area (Å²) in [5, 5.41) is 2.70. The molecule has 1 atom stereocenters. The molecule has 32 heavy (non-hydrogen) atoms. The van der Waals surface area contributed by atoms with Crippen molar-refractivity contribution in [2.75, 3.05) is 56.0 Å². The molecular formula is C20H30ClN7O3S. The minimum Gasteiger partial charge on any atom is -0.755 e. The Hall–Kier alpha value is -2.47. The summed E-state index contributed by atoms with van der Waals surface area (Å²) in [4.78, 5) is 20.0. The molecule has 1 amide bonds. The van der Waals surface area contributed by atoms with Gasteiger partial charge in [0.1, 0.15) is 0 Å². The highest BCUT2D eigenvalue weighted by Crippen LogP contribution is 2.18. The maximum atomic E-state index is 12.3. The highest BCUT2D eigenvalue weighted by molar-refractivity contribution is 7.80. The quantitative estimate of drug-likeness (QED) is 0.249. The topological polar surface area (TPSA) is 150 Å². The molecule has 2 aromatic rings. The van der Waals surface area contributed by atoms with Gasteiger partial charge in [0.15, 0.2) is 22.5 Å². The highest BCUT2D eigenvalue weighted by atomic mass is 35.5. The number of amides is 1. The number of anilines is 3. The number of nitrogens with two attached hydrogens (primary N) is 2. The fourth-order valence-corrected chi connectivity index (χ4v) is 3.77. The SMILES string of the molecule is Cc1ccc(N(CCCC[N+](C)(C)CCNC(=O)c2nc(Cl)c(N)nc2N)S(=O)[O-])cc1. The molecule has 12 heteroatoms. The number of rotatable bonds is 11. The summed E-state index contributed by atoms with van der Waals surface area (Å²) < 4.78 is 25.2. The molecule has 0 saturated heterocycles. The standard InChI is InChI=1S/C20H30ClN7O3S/c1-14-6-8-15(9-7-14)27(32(30)31)11-4-5-12-28(2,3)13-10-24-20(29)16-18(22)26-19(23)17(21)25-16/h6-9H,4-5,10-13H2,1-3H3,(H5-,22,23,24,26,29,30,31). The van der Waals surface area contributed by atoms with E-state index >= 15 is 0 Å². The van der Waals surface area contributed by atoms with Crippen LogP contribution in [0, 0.1) is 6.92 Å². The minimum atomic E-state index is -2.33. The Bertz CT molecular complexity index is 957. The van der Waals surface area contributed by atoms with E-state index in [1.807, 2.05) is 33.2 Å². The largest absolute Gasteiger partial charge is 0.755 e. The molecular weight excluding hydrogens is 454 g/mol. The maximum absolute atomic E-state index is 12.3. The molecule has 0 saturated carbocycles. The van der Waals surface area contributed by atoms with Gasteiger partial charge in [0, 0.05) is 23.5 Å². The van der Waals surface area contributed by atoms with Crippen molar-refractivity contribution in [1.29, 1.82) is 0 Å². The van der Waals surface area contributed by atoms with Crippen LogP contribution in [0.5, 0.6) is 0 Å². The highest BCUT2D eigenvalue weighted by Gasteiger charge is 2.19. The molecule has 0 spiro atoms. The van der Waals surface area contributed by atoms with Crippen molar-refractivity contribution in [2.45, 2.75) is 19.8 Å². The van der Waals surface area contributed by atoms with Crippen LogP contribution in [0.25, 0.3) is 0 Å². The Morgan fingerprint density at radius 1 is 1.16 bits per heavy atom. The summed E-state index contributed by atoms with van der Waals surface area (Å²) in [5.41, 5.74) is 12.9. The number of unbranched alkanes of at least 4 members (excludes halogenated alkanes) is 1. The third-order valence-electron chi connectivity index (χ3n) is 5.00. The Morgan fingerprint density at radius 2 is 1.81 bits per heavy atom. The van der Waals surface area contributed by atoms with Gasteiger partial charge in [0.05, 0.1) is 33.7 Å². The van der Waals surface area contributed by atoms with E-state index in [9.17, 15) is 13.6 Å². The van der Waals surface area contributed by atoms with E-state index in [2.05, 4.69) is 15.3 Å². The van der Waals surface area contributed by atoms with Crippen LogP contribution in [0.2, 0.25) is 5.15 Å². The number of aromatic nitrogens is 2. The van der Waals surface area contributed by atoms with Gasteiger partial charge in [-0.25, -0.2) is 9.97 Å². The van der Waals surface area contributed by atoms with E-state index in [4.69, 9.17) is 23.1 Å². The van der Waals surface area contributed by atoms with Crippen molar-refractivity contribution in [2.24, 2.45) is 0 Å². The van der Waals surface area contributed by atoms with Crippen LogP contribution in [0.15, 0.2) is 24.3 Å². The summed E-state index contributed by atoms with van der Waals surface area (Å²) in [7, 11) is 4.09. The number of quaternary nitrogens is 1. The van der Waals surface area contributed by atoms with Crippen molar-refractivity contribution in [1.82, 2.24) is 15.3 Å². The van der Waals surface area contributed by atoms with E-state index in [1.54, 1.807) is 12.1 Å². The number of nitrogen functional groups attached to an aromatic ring is 2. The van der Waals surface area contributed by atoms with E-state index in [0.29, 0.717) is 36.2 Å². The lowest BCUT2D eigenvalue weighted by atomic mass is 10.2. The number of benzene rings is 1. The van der Waals surface area contributed by atoms with Gasteiger partial charge >= 0.3 is 0 Å². The molecule has 2 rings (SSSR count). The van der Waals surface area contributed by atoms with Crippen LogP contribution >= 0.6 is 11.6 Å². The van der Waals surface area contributed by atoms with Gasteiger partial charge in [-0.3, -0.25) is 9.00 Å². The second-order valence-corrected chi connectivity index (χ2v) is 9.37. The van der Waals surface area contributed by atoms with Crippen LogP contribution < -0.4 is 21.1 Å². The van der Waals surface area contributed by atoms with Crippen molar-refractivity contribution < 1.29 is 18.0 Å². The molecule has 0 radical (unpaired) electrons. The molecule has 1 unspecified atom stereocenters. The van der Waals surface area contributed by atoms with Gasteiger partial charge in [-0.05, 0) is 31.9 Å². The predicted octanol–water partition coefficient (Wildman–Crippen LogP) is 1.49. The second kappa shape index (κ2) is 11.4. The molecule has 0 aliphatic rings. The summed E-state index contributed by atoms with van der Waals surface area (Å²) in [6.45, 7) is 4.24. The number of nitrogens with one attached hydrogen (secondary N) is 1. The van der Waals surface area contributed by atoms with Crippen LogP contribution in [-0.2, 0) is 11.3 Å². The van der Waals surface area contributed by atoms with Crippen LogP contribution in [0.3, 0.4) is 0 Å². The summed E-state index contributed by atoms with van der Waals surface area (Å²) >= 11 is 3.49. The number of aryl methyl sites for hydroxylation is 1. The van der Waals surface area contributed by atoms with Gasteiger partial charge in [-0.2, -0.15) is 0 Å². The molecule has 0 bridgehead atoms. The number of halogens is 1. The molecule has 1 aromatic heterocycles. The fraction of sp³-hybridized carbons (Fsp3) is 0.450. The van der Waals surface area contributed by atoms with E-state index in [1.165, 1.54) is 4.31 Å². The van der Waals surface area contributed by atoms with Gasteiger partial charge in [0.2, 0.25) is 0 Å². The maximum Gasteiger partial charge on any atom is 0.273 e. The average Bonchev–Trinajstić information content (AvgIpc) is 2.71. The Labute approximate surface area is 196 Å². The third-order valence-corrected chi connectivity index (χ3v) is 6.03. The molecule has 0 aliphatic carbocycles. The van der Waals surface area contributed by atoms with Crippen LogP contribution in [0.1, 0.15) is 28.9 Å². The Morgan fingerprint density at radius 3 is 2.44 bits per heavy atom. The first-order valence-corrected chi connectivity index (χ1v) is 11.5. The smallest absolute Gasteiger partial charge is 0.273 e. The average molecular weight is 484 g/mol. The molecule has 1 heterocycles. The number of likely N-dealkylation sites (N-methyl/N-ethyl adjacent to an activating group) is 1. The third kappa shape index (κ3) is 7.59. The summed E-state index contributed by atoms with van der Waals surface area (Å²) in [6, 6.07) is 7.39. The molecule has 10 nitrogen and oxygen atoms in total. The zero-order chi connectivity index (χ0) is 23.9. The minimum absolute atomic E-state index is 0.0275. The number of hydrogen-bond acceptors (Lipinski definition) is 7. The molecule has 1 aromatic carbocycles. The number of nitrogens with zero attached hydrogens (tertiary/aromatic N) is 4. The first kappa shape index (κ1) is 25.8. The summed E-state index contributed by atoms with van der Waals surface area (Å²) in [5.74, 6) is -0.573. The Balaban J connectivity index is 1.78. The van der Waals surface area contributed by atoms with Crippen molar-refractivity contribution in [3.05, 3.63) is 40.7 Å². The van der Waals surface area contributed by atoms with E-state index in [0.717, 1.165) is 18.5 Å². The van der Waals surface area contributed by atoms with Crippen LogP contribution in [-0.4, -0.2) is 69.4 Å². The predicted molar refractivity (Wildman–Crippen MR) is 127 cm³/mol. The first-order valence-electron chi connectivity index (χ1n) is 10.1. The van der Waals surface area contributed by atoms with Gasteiger partial charge in [-0.1, -0.05) is 29.3 Å². The van der Waals surface area contributed by atoms with Crippen molar-refractivity contribution in [3.63, 3.8) is 0 Å². The lowest BCUT2D eigenvalue weighted by Gasteiger charge is -2.31. The lowest BCUT2D eigenvalue weighted by molar-refractivity contribution is -0.889. The number of carbonyl (C=O) groups is 1. The van der Waals surface area contributed by atoms with E-state index in [-0.39, 0.29) is 22.5 Å². The monoisotopic (exact) mass is 483 g/mol. The zero-order valence-electron chi connectivity index (χ0n) is 18.5. The molecule has 5 N–H and O–H groups in total. The summed E-state index contributed by atoms with van der Waals surface area (Å²) in [6.07, 6.45) is 1.54. The van der Waals surface area contributed by atoms with Gasteiger partial charge in [-0.15, -0.1) is 0 Å². The zero-order valence-corrected chi connectivity index (χ0v) is 20.1. The van der Waals surface area contributed by atoms with Gasteiger partial charge in [0.25, 0.3) is 5.91 Å². The fourth-order valence-electron chi connectivity index (χ4n) is 3.07. The van der Waals surface area contributed by atoms with Crippen molar-refractivity contribution in [3.8, 4) is 0 Å². The lowest BCUT2D eigenvalue weighted by Crippen LogP contribution is -2.46. The second-order valence-electron chi connectivity index (χ2n) is 8.13. The number of carbonyl (C=O) groups excluding carboxylic acids is 1. The first-order chi connectivity index (χ1) is 15.0. The molecule has 0 aliphatic heterocycles. The van der Waals surface area contributed by atoms with E-state index < -0.39 is 17.2 Å². The Kier molecular flexibility index (Phi) is 9.20. The number of hydrogen-bond donors (Lipinski definition) is 3. The van der Waals surface area contributed by atoms with Gasteiger partial charge < -0.3 is 30.1 Å². The molecule has 176 valence electrons.